The largest absolute Gasteiger partial charge is 0.475 e. The van der Waals surface area contributed by atoms with Crippen LogP contribution in [0.5, 0.6) is 0 Å². The lowest BCUT2D eigenvalue weighted by molar-refractivity contribution is -0.265. The van der Waals surface area contributed by atoms with E-state index in [1.165, 1.54) is 12.0 Å². The Labute approximate surface area is 434 Å². The van der Waals surface area contributed by atoms with Crippen molar-refractivity contribution >= 4 is 37.0 Å². The number of rotatable bonds is 12. The molecule has 0 aromatic rings. The highest BCUT2D eigenvalue weighted by Gasteiger charge is 2.53. The van der Waals surface area contributed by atoms with Crippen LogP contribution in [0.4, 0.5) is 0 Å². The topological polar surface area (TPSA) is 220 Å². The molecule has 0 radical (unpaired) electrons. The molecular weight excluding hydrogens is 962 g/mol. The number of nitrogens with zero attached hydrogens (tertiary/aromatic N) is 1. The molecule has 15 atom stereocenters. The lowest BCUT2D eigenvalue weighted by Gasteiger charge is -2.42. The van der Waals surface area contributed by atoms with E-state index < -0.39 is 104 Å². The van der Waals surface area contributed by atoms with Gasteiger partial charge in [0, 0.05) is 58.5 Å². The number of phosphoric acid groups is 1. The summed E-state index contributed by atoms with van der Waals surface area (Å²) in [4.78, 5) is 72.5. The zero-order valence-corrected chi connectivity index (χ0v) is 46.6. The average Bonchev–Trinajstić information content (AvgIpc) is 3.35. The third-order valence-corrected chi connectivity index (χ3v) is 17.0. The molecule has 3 fully saturated rings. The maximum atomic E-state index is 14.6. The molecular formula is C55H88NO16P. The van der Waals surface area contributed by atoms with Gasteiger partial charge in [-0.2, -0.15) is 0 Å². The maximum absolute atomic E-state index is 14.6. The Bertz CT molecular complexity index is 2010. The van der Waals surface area contributed by atoms with Crippen molar-refractivity contribution in [3.8, 4) is 0 Å². The number of piperidine rings is 1. The molecule has 4 aliphatic rings. The second-order valence-electron chi connectivity index (χ2n) is 20.9. The van der Waals surface area contributed by atoms with Gasteiger partial charge in [-0.25, -0.2) is 9.36 Å². The quantitative estimate of drug-likeness (QED) is 0.0811. The zero-order valence-electron chi connectivity index (χ0n) is 45.7. The van der Waals surface area contributed by atoms with Crippen LogP contribution < -0.4 is 0 Å². The Kier molecular flexibility index (Phi) is 25.0. The number of cyclic esters (lactones) is 1. The third kappa shape index (κ3) is 17.1. The Hall–Kier alpha value is -3.22. The number of Topliss-reactive ketones (excluding diaryl/α,β-unsaturated/α-hetero) is 3. The lowest BCUT2D eigenvalue weighted by Crippen LogP contribution is -2.61. The molecule has 0 spiro atoms. The predicted molar refractivity (Wildman–Crippen MR) is 275 cm³/mol. The minimum Gasteiger partial charge on any atom is -0.460 e. The van der Waals surface area contributed by atoms with Gasteiger partial charge >= 0.3 is 13.8 Å². The molecule has 0 aromatic carbocycles. The van der Waals surface area contributed by atoms with Crippen LogP contribution in [0.15, 0.2) is 47.6 Å². The van der Waals surface area contributed by atoms with E-state index in [4.69, 9.17) is 37.3 Å². The summed E-state index contributed by atoms with van der Waals surface area (Å²) in [6, 6.07) is -1.18. The van der Waals surface area contributed by atoms with Crippen molar-refractivity contribution in [3.05, 3.63) is 47.6 Å². The van der Waals surface area contributed by atoms with Crippen LogP contribution in [0, 0.1) is 35.5 Å². The molecule has 17 nitrogen and oxygen atoms in total. The molecule has 414 valence electrons. The second kappa shape index (κ2) is 29.3. The molecule has 1 saturated carbocycles. The molecule has 1 aliphatic carbocycles. The van der Waals surface area contributed by atoms with Crippen molar-refractivity contribution < 1.29 is 76.0 Å². The van der Waals surface area contributed by atoms with E-state index in [-0.39, 0.29) is 56.0 Å². The van der Waals surface area contributed by atoms with Gasteiger partial charge in [-0.1, -0.05) is 71.1 Å². The molecule has 73 heavy (non-hydrogen) atoms. The van der Waals surface area contributed by atoms with Crippen molar-refractivity contribution in [2.75, 3.05) is 41.1 Å². The number of carbonyl (C=O) groups is 5. The minimum atomic E-state index is -3.84. The number of ketones is 3. The van der Waals surface area contributed by atoms with E-state index in [0.717, 1.165) is 5.57 Å². The fraction of sp³-hybridized carbons (Fsp3) is 0.764. The van der Waals surface area contributed by atoms with Gasteiger partial charge in [-0.15, -0.1) is 0 Å². The maximum Gasteiger partial charge on any atom is 0.475 e. The summed E-state index contributed by atoms with van der Waals surface area (Å²) in [7, 11) is 0.650. The van der Waals surface area contributed by atoms with Gasteiger partial charge in [0.25, 0.3) is 11.7 Å². The molecule has 2 saturated heterocycles. The Morgan fingerprint density at radius 3 is 2.18 bits per heavy atom. The first-order valence-electron chi connectivity index (χ1n) is 26.6. The molecule has 4 rings (SSSR count). The van der Waals surface area contributed by atoms with E-state index in [0.29, 0.717) is 69.8 Å². The molecule has 1 amide bonds. The fourth-order valence-electron chi connectivity index (χ4n) is 10.8. The molecule has 2 N–H and O–H groups in total. The molecule has 0 aromatic heterocycles. The first-order chi connectivity index (χ1) is 34.6. The van der Waals surface area contributed by atoms with Crippen LogP contribution in [0.25, 0.3) is 0 Å². The second-order valence-corrected chi connectivity index (χ2v) is 22.6. The number of fused-ring (bicyclic) bond motifs is 3. The van der Waals surface area contributed by atoms with Crippen molar-refractivity contribution in [1.29, 1.82) is 0 Å². The van der Waals surface area contributed by atoms with Crippen LogP contribution in [0.3, 0.4) is 0 Å². The van der Waals surface area contributed by atoms with Gasteiger partial charge < -0.3 is 38.8 Å². The summed E-state index contributed by atoms with van der Waals surface area (Å²) in [5.74, 6) is -8.40. The van der Waals surface area contributed by atoms with Gasteiger partial charge in [0.2, 0.25) is 5.79 Å². The Balaban J connectivity index is 1.70. The summed E-state index contributed by atoms with van der Waals surface area (Å²) < 4.78 is 59.9. The zero-order chi connectivity index (χ0) is 54.2. The number of hydrogen-bond acceptors (Lipinski definition) is 16. The SMILES string of the molecule is CCOP(=O)(OCC)O[C@@H]1CC[C@@H](C[C@@H](C)C2CC(=O)[C@H](C)/C=C(\C)[C@@H](O)[C@@H](OC)C(=O)[C@H](C)C[C@H](C)/C=C/C=C/C=C(\C)[C@@H](OC)C[C@@H]3CC[C@@H](C)[C@@](O)(O3)C(=O)C(=O)N3CCCC[C@H]3C(=O)O2)C[C@H]1OC. The first-order valence-corrected chi connectivity index (χ1v) is 28.1. The lowest BCUT2D eigenvalue weighted by atomic mass is 9.78. The number of aliphatic hydroxyl groups excluding tert-OH is 1. The third-order valence-electron chi connectivity index (χ3n) is 15.3. The van der Waals surface area contributed by atoms with Crippen molar-refractivity contribution in [3.63, 3.8) is 0 Å². The highest BCUT2D eigenvalue weighted by Crippen LogP contribution is 2.53. The van der Waals surface area contributed by atoms with Crippen molar-refractivity contribution in [2.45, 2.75) is 194 Å². The molecule has 3 aliphatic heterocycles. The average molecular weight is 1050 g/mol. The summed E-state index contributed by atoms with van der Waals surface area (Å²) in [5, 5.41) is 23.5. The number of hydrogen-bond donors (Lipinski definition) is 2. The Morgan fingerprint density at radius 1 is 0.836 bits per heavy atom. The van der Waals surface area contributed by atoms with E-state index in [1.54, 1.807) is 61.8 Å². The van der Waals surface area contributed by atoms with Crippen LogP contribution in [0.2, 0.25) is 0 Å². The van der Waals surface area contributed by atoms with E-state index in [9.17, 15) is 38.8 Å². The predicted octanol–water partition coefficient (Wildman–Crippen LogP) is 8.39. The van der Waals surface area contributed by atoms with Gasteiger partial charge in [-0.05, 0) is 121 Å². The number of phosphoric ester groups is 1. The Morgan fingerprint density at radius 2 is 1.53 bits per heavy atom. The van der Waals surface area contributed by atoms with E-state index >= 15 is 0 Å². The molecule has 3 heterocycles. The standard InChI is InChI=1S/C55H88NO16P/c1-13-68-73(64,69-14-2)72-45-26-24-41(31-48(45)66-11)30-37(6)47-33-44(57)36(5)29-39(8)50(59)51(67-12)49(58)38(7)28-34(3)20-16-15-17-21-35(4)46(65-10)32-42-25-23-40(9)55(63,71-42)52(60)53(61)56-27-19-18-22-43(56)54(62)70-47/h15-17,20-21,29,34,36-38,40-43,45-48,50-51,59,63H,13-14,18-19,22-28,30-33H2,1-12H3/b17-15+,20-16+,35-21+,39-29+/t34-,36-,37-,38-,40-,41+,42+,43+,45-,46+,47?,48-,50-,51+,55-/m1/s1. The van der Waals surface area contributed by atoms with Crippen LogP contribution in [0.1, 0.15) is 139 Å². The van der Waals surface area contributed by atoms with Gasteiger partial charge in [0.05, 0.1) is 37.6 Å². The summed E-state index contributed by atoms with van der Waals surface area (Å²) in [5.41, 5.74) is 1.23. The highest BCUT2D eigenvalue weighted by molar-refractivity contribution is 7.48. The molecule has 18 heteroatoms. The van der Waals surface area contributed by atoms with E-state index in [2.05, 4.69) is 0 Å². The summed E-state index contributed by atoms with van der Waals surface area (Å²) in [6.07, 6.45) is 10.3. The van der Waals surface area contributed by atoms with Crippen LogP contribution in [-0.2, 0) is 65.8 Å². The van der Waals surface area contributed by atoms with E-state index in [1.807, 2.05) is 51.2 Å². The highest BCUT2D eigenvalue weighted by atomic mass is 31.2. The number of allylic oxidation sites excluding steroid dienone is 6. The number of esters is 1. The first kappa shape index (κ1) is 62.3. The number of aliphatic hydroxyl groups is 2. The van der Waals surface area contributed by atoms with Gasteiger partial charge in [0.15, 0.2) is 5.78 Å². The van der Waals surface area contributed by atoms with Crippen molar-refractivity contribution in [1.82, 2.24) is 4.90 Å². The van der Waals surface area contributed by atoms with Gasteiger partial charge in [-0.3, -0.25) is 32.7 Å². The summed E-state index contributed by atoms with van der Waals surface area (Å²) in [6.45, 7) is 16.3. The number of ether oxygens (including phenoxy) is 5. The molecule has 2 bridgehead atoms. The van der Waals surface area contributed by atoms with Gasteiger partial charge in [0.1, 0.15) is 30.1 Å². The number of amides is 1. The fourth-order valence-corrected chi connectivity index (χ4v) is 12.2. The van der Waals surface area contributed by atoms with Crippen LogP contribution in [-0.4, -0.2) is 140 Å². The molecule has 1 unspecified atom stereocenters. The minimum absolute atomic E-state index is 0.00167. The normalized spacial score (nSPS) is 37.5. The monoisotopic (exact) mass is 1050 g/mol. The van der Waals surface area contributed by atoms with Crippen LogP contribution >= 0.6 is 7.82 Å². The summed E-state index contributed by atoms with van der Waals surface area (Å²) >= 11 is 0. The smallest absolute Gasteiger partial charge is 0.460 e. The number of methoxy groups -OCH3 is 3. The van der Waals surface area contributed by atoms with Crippen molar-refractivity contribution in [2.24, 2.45) is 35.5 Å². The number of carbonyl (C=O) groups excluding carboxylic acids is 5.